The van der Waals surface area contributed by atoms with Gasteiger partial charge in [0.1, 0.15) is 0 Å². The van der Waals surface area contributed by atoms with E-state index in [1.54, 1.807) is 4.57 Å². The van der Waals surface area contributed by atoms with Crippen LogP contribution in [0.25, 0.3) is 16.7 Å². The predicted octanol–water partition coefficient (Wildman–Crippen LogP) is 4.02. The Labute approximate surface area is 186 Å². The molecule has 1 saturated carbocycles. The average molecular weight is 442 g/mol. The third-order valence-electron chi connectivity index (χ3n) is 5.96. The van der Waals surface area contributed by atoms with Crippen molar-refractivity contribution in [1.82, 2.24) is 24.5 Å². The molecule has 166 valence electrons. The highest BCUT2D eigenvalue weighted by molar-refractivity contribution is 7.99. The van der Waals surface area contributed by atoms with Gasteiger partial charge in [-0.1, -0.05) is 63.4 Å². The van der Waals surface area contributed by atoms with Crippen molar-refractivity contribution in [3.8, 4) is 0 Å². The van der Waals surface area contributed by atoms with Gasteiger partial charge in [-0.2, -0.15) is 0 Å². The maximum atomic E-state index is 13.1. The zero-order valence-corrected chi connectivity index (χ0v) is 19.2. The number of benzene rings is 1. The third kappa shape index (κ3) is 4.95. The number of hydrogen-bond donors (Lipinski definition) is 1. The minimum Gasteiger partial charge on any atom is -0.353 e. The van der Waals surface area contributed by atoms with Crippen LogP contribution in [0.1, 0.15) is 58.8 Å². The summed E-state index contributed by atoms with van der Waals surface area (Å²) in [7, 11) is 0. The van der Waals surface area contributed by atoms with Crippen molar-refractivity contribution in [2.75, 3.05) is 5.75 Å². The van der Waals surface area contributed by atoms with Gasteiger partial charge >= 0.3 is 0 Å². The molecular weight excluding hydrogens is 410 g/mol. The van der Waals surface area contributed by atoms with Gasteiger partial charge in [0.15, 0.2) is 5.16 Å². The van der Waals surface area contributed by atoms with Crippen molar-refractivity contribution in [3.05, 3.63) is 34.6 Å². The summed E-state index contributed by atoms with van der Waals surface area (Å²) in [5.41, 5.74) is 0.735. The van der Waals surface area contributed by atoms with E-state index in [0.717, 1.165) is 24.8 Å². The van der Waals surface area contributed by atoms with Gasteiger partial charge in [0.05, 0.1) is 16.7 Å². The van der Waals surface area contributed by atoms with Gasteiger partial charge in [0, 0.05) is 12.6 Å². The Bertz CT molecular complexity index is 1110. The maximum Gasteiger partial charge on any atom is 0.262 e. The number of fused-ring (bicyclic) bond motifs is 3. The molecule has 1 aliphatic rings. The first-order valence-corrected chi connectivity index (χ1v) is 12.3. The highest BCUT2D eigenvalue weighted by Gasteiger charge is 2.19. The van der Waals surface area contributed by atoms with Crippen molar-refractivity contribution in [2.45, 2.75) is 76.5 Å². The number of amides is 1. The zero-order chi connectivity index (χ0) is 21.8. The lowest BCUT2D eigenvalue weighted by Crippen LogP contribution is -2.35. The SMILES string of the molecule is CC(C)CCn1c(=O)c2ccccc2n2c(SCC(=O)NC3CCCCCC3)nnc12. The third-order valence-corrected chi connectivity index (χ3v) is 6.89. The van der Waals surface area contributed by atoms with Gasteiger partial charge in [-0.05, 0) is 37.3 Å². The summed E-state index contributed by atoms with van der Waals surface area (Å²) >= 11 is 1.37. The van der Waals surface area contributed by atoms with Crippen molar-refractivity contribution >= 4 is 34.3 Å². The molecule has 0 saturated heterocycles. The highest BCUT2D eigenvalue weighted by Crippen LogP contribution is 2.22. The normalized spacial score (nSPS) is 15.6. The van der Waals surface area contributed by atoms with Gasteiger partial charge in [-0.25, -0.2) is 0 Å². The number of thioether (sulfide) groups is 1. The predicted molar refractivity (Wildman–Crippen MR) is 125 cm³/mol. The molecule has 0 atom stereocenters. The fraction of sp³-hybridized carbons (Fsp3) is 0.565. The fourth-order valence-corrected chi connectivity index (χ4v) is 4.99. The van der Waals surface area contributed by atoms with Crippen LogP contribution < -0.4 is 10.9 Å². The van der Waals surface area contributed by atoms with Crippen LogP contribution in [0.2, 0.25) is 0 Å². The molecule has 7 nitrogen and oxygen atoms in total. The second-order valence-corrected chi connectivity index (χ2v) is 9.76. The van der Waals surface area contributed by atoms with Gasteiger partial charge in [0.2, 0.25) is 11.7 Å². The largest absolute Gasteiger partial charge is 0.353 e. The summed E-state index contributed by atoms with van der Waals surface area (Å²) in [5.74, 6) is 1.33. The topological polar surface area (TPSA) is 81.3 Å². The molecule has 31 heavy (non-hydrogen) atoms. The molecular formula is C23H31N5O2S. The molecule has 8 heteroatoms. The molecule has 0 aliphatic heterocycles. The van der Waals surface area contributed by atoms with Gasteiger partial charge in [0.25, 0.3) is 5.56 Å². The summed E-state index contributed by atoms with van der Waals surface area (Å²) in [6.45, 7) is 4.87. The standard InChI is InChI=1S/C23H31N5O2S/c1-16(2)13-14-27-21(30)18-11-7-8-12-19(18)28-22(27)25-26-23(28)31-15-20(29)24-17-9-5-3-4-6-10-17/h7-8,11-12,16-17H,3-6,9-10,13-15H2,1-2H3,(H,24,29). The highest BCUT2D eigenvalue weighted by atomic mass is 32.2. The Kier molecular flexibility index (Phi) is 6.95. The molecule has 1 amide bonds. The number of aromatic nitrogens is 4. The molecule has 1 aliphatic carbocycles. The second kappa shape index (κ2) is 9.85. The van der Waals surface area contributed by atoms with Crippen LogP contribution in [0.5, 0.6) is 0 Å². The smallest absolute Gasteiger partial charge is 0.262 e. The minimum atomic E-state index is -0.0428. The first-order valence-electron chi connectivity index (χ1n) is 11.3. The quantitative estimate of drug-likeness (QED) is 0.442. The molecule has 0 radical (unpaired) electrons. The molecule has 2 aromatic heterocycles. The average Bonchev–Trinajstić information content (AvgIpc) is 3.01. The Morgan fingerprint density at radius 1 is 1.16 bits per heavy atom. The number of para-hydroxylation sites is 1. The van der Waals surface area contributed by atoms with E-state index in [1.165, 1.54) is 37.4 Å². The number of aryl methyl sites for hydroxylation is 1. The van der Waals surface area contributed by atoms with Crippen LogP contribution in [0.15, 0.2) is 34.2 Å². The summed E-state index contributed by atoms with van der Waals surface area (Å²) in [4.78, 5) is 25.7. The Hall–Kier alpha value is -2.35. The Morgan fingerprint density at radius 2 is 1.90 bits per heavy atom. The van der Waals surface area contributed by atoms with Crippen molar-refractivity contribution in [2.24, 2.45) is 5.92 Å². The Balaban J connectivity index is 1.60. The first kappa shape index (κ1) is 21.9. The van der Waals surface area contributed by atoms with E-state index in [-0.39, 0.29) is 23.3 Å². The number of hydrogen-bond acceptors (Lipinski definition) is 5. The summed E-state index contributed by atoms with van der Waals surface area (Å²) in [6.07, 6.45) is 7.91. The second-order valence-electron chi connectivity index (χ2n) is 8.82. The number of rotatable bonds is 7. The number of nitrogens with one attached hydrogen (secondary N) is 1. The lowest BCUT2D eigenvalue weighted by molar-refractivity contribution is -0.119. The molecule has 3 aromatic rings. The monoisotopic (exact) mass is 441 g/mol. The summed E-state index contributed by atoms with van der Waals surface area (Å²) in [5, 5.41) is 13.1. The molecule has 2 heterocycles. The van der Waals surface area contributed by atoms with E-state index >= 15 is 0 Å². The van der Waals surface area contributed by atoms with E-state index < -0.39 is 0 Å². The van der Waals surface area contributed by atoms with Crippen LogP contribution in [0, 0.1) is 5.92 Å². The molecule has 0 unspecified atom stereocenters. The molecule has 1 N–H and O–H groups in total. The van der Waals surface area contributed by atoms with Crippen LogP contribution in [0.3, 0.4) is 0 Å². The Morgan fingerprint density at radius 3 is 2.65 bits per heavy atom. The minimum absolute atomic E-state index is 0.0334. The molecule has 4 rings (SSSR count). The molecule has 1 fully saturated rings. The lowest BCUT2D eigenvalue weighted by atomic mass is 10.1. The maximum absolute atomic E-state index is 13.1. The zero-order valence-electron chi connectivity index (χ0n) is 18.3. The van der Waals surface area contributed by atoms with Gasteiger partial charge < -0.3 is 5.32 Å². The van der Waals surface area contributed by atoms with E-state index in [9.17, 15) is 9.59 Å². The van der Waals surface area contributed by atoms with Crippen molar-refractivity contribution in [3.63, 3.8) is 0 Å². The summed E-state index contributed by atoms with van der Waals surface area (Å²) < 4.78 is 3.63. The summed E-state index contributed by atoms with van der Waals surface area (Å²) in [6, 6.07) is 7.82. The molecule has 1 aromatic carbocycles. The van der Waals surface area contributed by atoms with Crippen molar-refractivity contribution in [1.29, 1.82) is 0 Å². The van der Waals surface area contributed by atoms with Crippen LogP contribution in [0.4, 0.5) is 0 Å². The van der Waals surface area contributed by atoms with E-state index in [2.05, 4.69) is 29.4 Å². The van der Waals surface area contributed by atoms with Crippen LogP contribution in [-0.2, 0) is 11.3 Å². The van der Waals surface area contributed by atoms with E-state index in [1.807, 2.05) is 28.7 Å². The number of nitrogens with zero attached hydrogens (tertiary/aromatic N) is 4. The lowest BCUT2D eigenvalue weighted by Gasteiger charge is -2.16. The first-order chi connectivity index (χ1) is 15.0. The number of carbonyl (C=O) groups excluding carboxylic acids is 1. The number of carbonyl (C=O) groups is 1. The molecule has 0 spiro atoms. The van der Waals surface area contributed by atoms with Crippen LogP contribution in [-0.4, -0.2) is 36.9 Å². The van der Waals surface area contributed by atoms with E-state index in [0.29, 0.717) is 28.8 Å². The molecule has 0 bridgehead atoms. The van der Waals surface area contributed by atoms with E-state index in [4.69, 9.17) is 0 Å². The van der Waals surface area contributed by atoms with Crippen LogP contribution >= 0.6 is 11.8 Å². The van der Waals surface area contributed by atoms with Gasteiger partial charge in [-0.15, -0.1) is 10.2 Å². The van der Waals surface area contributed by atoms with Crippen molar-refractivity contribution < 1.29 is 4.79 Å². The fourth-order valence-electron chi connectivity index (χ4n) is 4.24. The van der Waals surface area contributed by atoms with Gasteiger partial charge in [-0.3, -0.25) is 18.6 Å².